The number of pyridine rings is 1. The highest BCUT2D eigenvalue weighted by Gasteiger charge is 2.06. The lowest BCUT2D eigenvalue weighted by atomic mass is 10.2. The summed E-state index contributed by atoms with van der Waals surface area (Å²) in [5.74, 6) is -0.175. The molecule has 7 heteroatoms. The molecule has 3 aromatic heterocycles. The van der Waals surface area contributed by atoms with Crippen molar-refractivity contribution in [2.45, 2.75) is 0 Å². The van der Waals surface area contributed by atoms with Gasteiger partial charge in [-0.05, 0) is 23.8 Å². The van der Waals surface area contributed by atoms with Gasteiger partial charge in [-0.2, -0.15) is 0 Å². The Morgan fingerprint density at radius 2 is 2.14 bits per heavy atom. The Morgan fingerprint density at radius 3 is 2.76 bits per heavy atom. The Labute approximate surface area is 124 Å². The molecule has 21 heavy (non-hydrogen) atoms. The van der Waals surface area contributed by atoms with Crippen molar-refractivity contribution >= 4 is 29.5 Å². The minimum Gasteiger partial charge on any atom is -0.477 e. The summed E-state index contributed by atoms with van der Waals surface area (Å²) in [4.78, 5) is 23.3. The number of thiazole rings is 1. The van der Waals surface area contributed by atoms with Gasteiger partial charge >= 0.3 is 5.97 Å². The van der Waals surface area contributed by atoms with Crippen molar-refractivity contribution in [3.8, 4) is 5.82 Å². The first-order valence-electron chi connectivity index (χ1n) is 6.04. The standard InChI is InChI=1S/C14H10N4O2S/c19-14(20)11-8-17-13(21-11)4-2-10-1-3-12(16-7-10)18-6-5-15-9-18/h1-9H,(H,19,20)/b4-2+. The number of imidazole rings is 1. The largest absolute Gasteiger partial charge is 0.477 e. The molecule has 104 valence electrons. The summed E-state index contributed by atoms with van der Waals surface area (Å²) in [5, 5.41) is 9.48. The maximum Gasteiger partial charge on any atom is 0.347 e. The lowest BCUT2D eigenvalue weighted by molar-refractivity contribution is 0.0702. The summed E-state index contributed by atoms with van der Waals surface area (Å²) in [6.07, 6.45) is 11.9. The molecule has 0 saturated carbocycles. The van der Waals surface area contributed by atoms with E-state index in [1.165, 1.54) is 6.20 Å². The van der Waals surface area contributed by atoms with Gasteiger partial charge in [0, 0.05) is 18.6 Å². The van der Waals surface area contributed by atoms with Crippen LogP contribution >= 0.6 is 11.3 Å². The number of aromatic carboxylic acids is 1. The third-order valence-electron chi connectivity index (χ3n) is 2.69. The van der Waals surface area contributed by atoms with Gasteiger partial charge in [0.15, 0.2) is 0 Å². The average Bonchev–Trinajstić information content (AvgIpc) is 3.17. The maximum atomic E-state index is 10.8. The summed E-state index contributed by atoms with van der Waals surface area (Å²) >= 11 is 1.13. The van der Waals surface area contributed by atoms with E-state index in [1.54, 1.807) is 24.8 Å². The zero-order valence-electron chi connectivity index (χ0n) is 10.7. The molecule has 0 aromatic carbocycles. The molecule has 1 N–H and O–H groups in total. The predicted molar refractivity (Wildman–Crippen MR) is 79.4 cm³/mol. The van der Waals surface area contributed by atoms with Crippen LogP contribution in [-0.4, -0.2) is 30.6 Å². The molecule has 0 amide bonds. The van der Waals surface area contributed by atoms with Crippen molar-refractivity contribution in [3.63, 3.8) is 0 Å². The van der Waals surface area contributed by atoms with Crippen LogP contribution in [0.3, 0.4) is 0 Å². The van der Waals surface area contributed by atoms with Gasteiger partial charge in [0.25, 0.3) is 0 Å². The maximum absolute atomic E-state index is 10.8. The Hall–Kier alpha value is -2.80. The lowest BCUT2D eigenvalue weighted by Crippen LogP contribution is -1.93. The quantitative estimate of drug-likeness (QED) is 0.800. The van der Waals surface area contributed by atoms with E-state index < -0.39 is 5.97 Å². The topological polar surface area (TPSA) is 80.9 Å². The third-order valence-corrected chi connectivity index (χ3v) is 3.64. The fourth-order valence-corrected chi connectivity index (χ4v) is 2.33. The van der Waals surface area contributed by atoms with Crippen molar-refractivity contribution in [2.75, 3.05) is 0 Å². The Morgan fingerprint density at radius 1 is 1.24 bits per heavy atom. The van der Waals surface area contributed by atoms with Crippen LogP contribution < -0.4 is 0 Å². The predicted octanol–water partition coefficient (Wildman–Crippen LogP) is 2.59. The molecule has 0 unspecified atom stereocenters. The van der Waals surface area contributed by atoms with Crippen molar-refractivity contribution in [1.82, 2.24) is 19.5 Å². The van der Waals surface area contributed by atoms with Crippen molar-refractivity contribution < 1.29 is 9.90 Å². The van der Waals surface area contributed by atoms with Gasteiger partial charge in [0.1, 0.15) is 22.0 Å². The molecule has 0 radical (unpaired) electrons. The van der Waals surface area contributed by atoms with Gasteiger partial charge in [-0.25, -0.2) is 19.7 Å². The minimum atomic E-state index is -0.960. The zero-order valence-corrected chi connectivity index (χ0v) is 11.6. The van der Waals surface area contributed by atoms with Gasteiger partial charge in [0.05, 0.1) is 6.20 Å². The highest BCUT2D eigenvalue weighted by Crippen LogP contribution is 2.16. The van der Waals surface area contributed by atoms with E-state index >= 15 is 0 Å². The van der Waals surface area contributed by atoms with Crippen LogP contribution in [0.2, 0.25) is 0 Å². The summed E-state index contributed by atoms with van der Waals surface area (Å²) < 4.78 is 1.81. The molecule has 0 aliphatic heterocycles. The summed E-state index contributed by atoms with van der Waals surface area (Å²) in [6.45, 7) is 0. The van der Waals surface area contributed by atoms with E-state index in [2.05, 4.69) is 15.0 Å². The summed E-state index contributed by atoms with van der Waals surface area (Å²) in [6, 6.07) is 3.80. The Kier molecular flexibility index (Phi) is 3.57. The monoisotopic (exact) mass is 298 g/mol. The highest BCUT2D eigenvalue weighted by atomic mass is 32.1. The number of aromatic nitrogens is 4. The second-order valence-corrected chi connectivity index (χ2v) is 5.18. The molecular weight excluding hydrogens is 288 g/mol. The number of hydrogen-bond acceptors (Lipinski definition) is 5. The molecule has 3 heterocycles. The second-order valence-electron chi connectivity index (χ2n) is 4.12. The number of carboxylic acid groups (broad SMARTS) is 1. The molecular formula is C14H10N4O2S. The second kappa shape index (κ2) is 5.68. The number of hydrogen-bond donors (Lipinski definition) is 1. The molecule has 0 saturated heterocycles. The first-order chi connectivity index (χ1) is 10.2. The summed E-state index contributed by atoms with van der Waals surface area (Å²) in [7, 11) is 0. The Bertz CT molecular complexity index is 776. The lowest BCUT2D eigenvalue weighted by Gasteiger charge is -2.00. The van der Waals surface area contributed by atoms with Crippen molar-refractivity contribution in [1.29, 1.82) is 0 Å². The van der Waals surface area contributed by atoms with Crippen LogP contribution in [0.5, 0.6) is 0 Å². The van der Waals surface area contributed by atoms with Gasteiger partial charge in [-0.1, -0.05) is 6.08 Å². The fourth-order valence-electron chi connectivity index (χ4n) is 1.67. The Balaban J connectivity index is 1.75. The number of nitrogens with zero attached hydrogens (tertiary/aromatic N) is 4. The van der Waals surface area contributed by atoms with Crippen LogP contribution in [0.1, 0.15) is 20.2 Å². The molecule has 3 rings (SSSR count). The van der Waals surface area contributed by atoms with Crippen LogP contribution in [0.25, 0.3) is 18.0 Å². The average molecular weight is 298 g/mol. The molecule has 3 aromatic rings. The molecule has 0 atom stereocenters. The molecule has 0 bridgehead atoms. The normalized spacial score (nSPS) is 11.0. The number of carboxylic acids is 1. The zero-order chi connectivity index (χ0) is 14.7. The van der Waals surface area contributed by atoms with E-state index in [9.17, 15) is 4.79 Å². The SMILES string of the molecule is O=C(O)c1cnc(/C=C/c2ccc(-n3ccnc3)nc2)s1. The van der Waals surface area contributed by atoms with Gasteiger partial charge in [0.2, 0.25) is 0 Å². The number of carbonyl (C=O) groups is 1. The van der Waals surface area contributed by atoms with E-state index in [-0.39, 0.29) is 4.88 Å². The molecule has 0 fully saturated rings. The summed E-state index contributed by atoms with van der Waals surface area (Å²) in [5.41, 5.74) is 0.908. The van der Waals surface area contributed by atoms with Gasteiger partial charge in [-0.15, -0.1) is 11.3 Å². The van der Waals surface area contributed by atoms with Gasteiger partial charge in [-0.3, -0.25) is 4.57 Å². The third kappa shape index (κ3) is 3.03. The molecule has 0 spiro atoms. The van der Waals surface area contributed by atoms with E-state index in [0.29, 0.717) is 5.01 Å². The van der Waals surface area contributed by atoms with Crippen LogP contribution in [0, 0.1) is 0 Å². The fraction of sp³-hybridized carbons (Fsp3) is 0. The minimum absolute atomic E-state index is 0.225. The molecule has 6 nitrogen and oxygen atoms in total. The van der Waals surface area contributed by atoms with Crippen LogP contribution in [0.15, 0.2) is 43.2 Å². The first kappa shape index (κ1) is 13.2. The number of rotatable bonds is 4. The van der Waals surface area contributed by atoms with Crippen LogP contribution in [0.4, 0.5) is 0 Å². The molecule has 0 aliphatic rings. The van der Waals surface area contributed by atoms with E-state index in [4.69, 9.17) is 5.11 Å². The van der Waals surface area contributed by atoms with Crippen LogP contribution in [-0.2, 0) is 0 Å². The highest BCUT2D eigenvalue weighted by molar-refractivity contribution is 7.14. The van der Waals surface area contributed by atoms with E-state index in [0.717, 1.165) is 22.7 Å². The van der Waals surface area contributed by atoms with E-state index in [1.807, 2.05) is 29.0 Å². The first-order valence-corrected chi connectivity index (χ1v) is 6.85. The van der Waals surface area contributed by atoms with Crippen molar-refractivity contribution in [3.05, 3.63) is 58.7 Å². The van der Waals surface area contributed by atoms with Gasteiger partial charge < -0.3 is 5.11 Å². The smallest absolute Gasteiger partial charge is 0.347 e. The molecule has 0 aliphatic carbocycles. The van der Waals surface area contributed by atoms with Crippen molar-refractivity contribution in [2.24, 2.45) is 0 Å².